The van der Waals surface area contributed by atoms with Gasteiger partial charge in [0, 0.05) is 102 Å². The molecular weight excluding hydrogens is 755 g/mol. The van der Waals surface area contributed by atoms with Gasteiger partial charge in [0.15, 0.2) is 0 Å². The van der Waals surface area contributed by atoms with E-state index >= 15 is 0 Å². The third-order valence-corrected chi connectivity index (χ3v) is 14.0. The highest BCUT2D eigenvalue weighted by atomic mass is 16.2. The minimum Gasteiger partial charge on any atom is -0.369 e. The molecule has 2 N–H and O–H groups in total. The van der Waals surface area contributed by atoms with Crippen LogP contribution in [0.15, 0.2) is 54.9 Å². The van der Waals surface area contributed by atoms with Gasteiger partial charge in [-0.1, -0.05) is 25.0 Å². The molecule has 60 heavy (non-hydrogen) atoms. The molecule has 318 valence electrons. The van der Waals surface area contributed by atoms with Crippen molar-refractivity contribution in [2.24, 2.45) is 5.92 Å². The molecule has 2 aliphatic carbocycles. The number of hydrogen-bond acceptors (Lipinski definition) is 11. The fourth-order valence-corrected chi connectivity index (χ4v) is 10.4. The van der Waals surface area contributed by atoms with Gasteiger partial charge < -0.3 is 24.6 Å². The number of anilines is 4. The normalized spacial score (nSPS) is 23.6. The van der Waals surface area contributed by atoms with Crippen LogP contribution in [0, 0.1) is 5.92 Å². The molecule has 4 aromatic rings. The minimum atomic E-state index is -0.227. The highest BCUT2D eigenvalue weighted by Gasteiger charge is 2.31. The number of pyridine rings is 1. The molecule has 5 fully saturated rings. The van der Waals surface area contributed by atoms with Gasteiger partial charge in [0.05, 0.1) is 17.8 Å². The number of piperazine rings is 2. The van der Waals surface area contributed by atoms with Gasteiger partial charge in [-0.2, -0.15) is 4.98 Å². The number of imide groups is 1. The maximum absolute atomic E-state index is 13.1. The van der Waals surface area contributed by atoms with Gasteiger partial charge >= 0.3 is 0 Å². The van der Waals surface area contributed by atoms with E-state index in [2.05, 4.69) is 70.1 Å². The number of benzene rings is 1. The maximum Gasteiger partial charge on any atom is 0.270 e. The molecule has 0 bridgehead atoms. The molecule has 9 rings (SSSR count). The summed E-state index contributed by atoms with van der Waals surface area (Å²) in [5.41, 5.74) is 4.83. The molecule has 1 unspecified atom stereocenters. The molecule has 14 nitrogen and oxygen atoms in total. The molecule has 3 aliphatic heterocycles. The van der Waals surface area contributed by atoms with Crippen LogP contribution in [0.2, 0.25) is 0 Å². The van der Waals surface area contributed by atoms with Crippen molar-refractivity contribution in [3.05, 3.63) is 66.1 Å². The first-order chi connectivity index (χ1) is 29.3. The molecule has 3 aromatic heterocycles. The molecule has 3 amide bonds. The van der Waals surface area contributed by atoms with Crippen molar-refractivity contribution in [3.63, 3.8) is 0 Å². The van der Waals surface area contributed by atoms with E-state index in [-0.39, 0.29) is 29.7 Å². The van der Waals surface area contributed by atoms with E-state index in [4.69, 9.17) is 9.97 Å². The number of piperidine rings is 1. The molecule has 14 heteroatoms. The number of aromatic nitrogens is 4. The molecule has 2 saturated carbocycles. The Labute approximate surface area is 353 Å². The Bertz CT molecular complexity index is 2120. The summed E-state index contributed by atoms with van der Waals surface area (Å²) >= 11 is 0. The van der Waals surface area contributed by atoms with Crippen molar-refractivity contribution in [1.82, 2.24) is 39.5 Å². The van der Waals surface area contributed by atoms with E-state index in [0.717, 1.165) is 93.4 Å². The lowest BCUT2D eigenvalue weighted by molar-refractivity contribution is -0.134. The number of rotatable bonds is 11. The van der Waals surface area contributed by atoms with Crippen LogP contribution in [0.5, 0.6) is 0 Å². The number of amides is 3. The standard InChI is InChI=1S/C46H61N11O3/c1-52(2)45(60)40-29-34-30-48-46(51-43(34)57(40)37-5-3-4-6-37)49-41-17-15-38(31-47-41)56-23-21-53(22-24-56)20-19-32-7-11-35(12-8-32)54-25-27-55(28-26-54)36-13-9-33(10-14-36)39-16-18-42(58)50-44(39)59/h9-10,13-15,17,29-32,35,37,39H,3-8,11-12,16,18-28H2,1-2H3,(H,50,58,59)(H,47,48,49,51). The molecule has 0 radical (unpaired) electrons. The lowest BCUT2D eigenvalue weighted by Crippen LogP contribution is -2.51. The van der Waals surface area contributed by atoms with Crippen molar-refractivity contribution >= 4 is 51.9 Å². The number of hydrogen-bond donors (Lipinski definition) is 2. The third kappa shape index (κ3) is 8.86. The Morgan fingerprint density at radius 3 is 2.17 bits per heavy atom. The first kappa shape index (κ1) is 40.3. The molecule has 0 spiro atoms. The Hall–Kier alpha value is -5.08. The van der Waals surface area contributed by atoms with E-state index < -0.39 is 0 Å². The molecule has 5 aliphatic rings. The van der Waals surface area contributed by atoms with Crippen molar-refractivity contribution in [2.75, 3.05) is 88.1 Å². The van der Waals surface area contributed by atoms with Crippen LogP contribution < -0.4 is 20.4 Å². The molecule has 1 atom stereocenters. The number of carbonyl (C=O) groups excluding carboxylic acids is 3. The smallest absolute Gasteiger partial charge is 0.270 e. The summed E-state index contributed by atoms with van der Waals surface area (Å²) in [6.45, 7) is 9.61. The van der Waals surface area contributed by atoms with E-state index in [1.54, 1.807) is 19.0 Å². The van der Waals surface area contributed by atoms with Crippen molar-refractivity contribution in [2.45, 2.75) is 88.6 Å². The summed E-state index contributed by atoms with van der Waals surface area (Å²) in [5.74, 6) is 1.44. The summed E-state index contributed by atoms with van der Waals surface area (Å²) < 4.78 is 2.14. The van der Waals surface area contributed by atoms with Gasteiger partial charge in [-0.25, -0.2) is 9.97 Å². The predicted octanol–water partition coefficient (Wildman–Crippen LogP) is 5.80. The van der Waals surface area contributed by atoms with Crippen molar-refractivity contribution in [1.29, 1.82) is 0 Å². The van der Waals surface area contributed by atoms with Crippen LogP contribution in [0.3, 0.4) is 0 Å². The second kappa shape index (κ2) is 17.9. The average Bonchev–Trinajstić information content (AvgIpc) is 3.95. The Kier molecular flexibility index (Phi) is 12.0. The Balaban J connectivity index is 0.693. The number of nitrogens with one attached hydrogen (secondary N) is 2. The van der Waals surface area contributed by atoms with E-state index in [1.807, 2.05) is 24.5 Å². The van der Waals surface area contributed by atoms with Crippen LogP contribution in [-0.4, -0.2) is 131 Å². The predicted molar refractivity (Wildman–Crippen MR) is 235 cm³/mol. The van der Waals surface area contributed by atoms with Gasteiger partial charge in [0.1, 0.15) is 17.2 Å². The second-order valence-corrected chi connectivity index (χ2v) is 17.9. The summed E-state index contributed by atoms with van der Waals surface area (Å²) in [6.07, 6.45) is 15.8. The first-order valence-electron chi connectivity index (χ1n) is 22.5. The fourth-order valence-electron chi connectivity index (χ4n) is 10.4. The summed E-state index contributed by atoms with van der Waals surface area (Å²) in [5, 5.41) is 6.67. The Morgan fingerprint density at radius 1 is 0.783 bits per heavy atom. The van der Waals surface area contributed by atoms with Crippen LogP contribution >= 0.6 is 0 Å². The van der Waals surface area contributed by atoms with Crippen molar-refractivity contribution in [3.8, 4) is 0 Å². The third-order valence-electron chi connectivity index (χ3n) is 14.0. The lowest BCUT2D eigenvalue weighted by Gasteiger charge is -2.43. The van der Waals surface area contributed by atoms with Gasteiger partial charge in [-0.3, -0.25) is 29.5 Å². The van der Waals surface area contributed by atoms with E-state index in [9.17, 15) is 14.4 Å². The summed E-state index contributed by atoms with van der Waals surface area (Å²) in [6, 6.07) is 15.5. The second-order valence-electron chi connectivity index (χ2n) is 17.9. The fraction of sp³-hybridized carbons (Fsp3) is 0.565. The zero-order chi connectivity index (χ0) is 41.2. The average molecular weight is 816 g/mol. The zero-order valence-corrected chi connectivity index (χ0v) is 35.4. The largest absolute Gasteiger partial charge is 0.369 e. The number of nitrogens with zero attached hydrogens (tertiary/aromatic N) is 9. The van der Waals surface area contributed by atoms with Crippen LogP contribution in [-0.2, 0) is 9.59 Å². The molecular formula is C46H61N11O3. The van der Waals surface area contributed by atoms with E-state index in [1.165, 1.54) is 57.2 Å². The number of carbonyl (C=O) groups is 3. The van der Waals surface area contributed by atoms with Gasteiger partial charge in [0.25, 0.3) is 5.91 Å². The van der Waals surface area contributed by atoms with Crippen LogP contribution in [0.4, 0.5) is 23.1 Å². The summed E-state index contributed by atoms with van der Waals surface area (Å²) in [4.78, 5) is 63.1. The molecule has 1 aromatic carbocycles. The highest BCUT2D eigenvalue weighted by molar-refractivity contribution is 6.01. The van der Waals surface area contributed by atoms with Crippen LogP contribution in [0.1, 0.15) is 98.6 Å². The topological polar surface area (TPSA) is 135 Å². The Morgan fingerprint density at radius 2 is 1.48 bits per heavy atom. The lowest BCUT2D eigenvalue weighted by atomic mass is 9.83. The van der Waals surface area contributed by atoms with Crippen molar-refractivity contribution < 1.29 is 14.4 Å². The molecule has 3 saturated heterocycles. The maximum atomic E-state index is 13.1. The van der Waals surface area contributed by atoms with E-state index in [0.29, 0.717) is 36.3 Å². The molecule has 6 heterocycles. The summed E-state index contributed by atoms with van der Waals surface area (Å²) in [7, 11) is 3.59. The monoisotopic (exact) mass is 815 g/mol. The quantitative estimate of drug-likeness (QED) is 0.178. The number of fused-ring (bicyclic) bond motifs is 1. The SMILES string of the molecule is CN(C)C(=O)c1cc2cnc(Nc3ccc(N4CCN(CCC5CCC(N6CCN(c7ccc(C8CCC(=O)NC8=O)cc7)CC6)CC5)CC4)cn3)nc2n1C1CCCC1. The van der Waals surface area contributed by atoms with Gasteiger partial charge in [0.2, 0.25) is 17.8 Å². The minimum absolute atomic E-state index is 0.00974. The van der Waals surface area contributed by atoms with Gasteiger partial charge in [-0.05, 0) is 99.7 Å². The van der Waals surface area contributed by atoms with Gasteiger partial charge in [-0.15, -0.1) is 0 Å². The zero-order valence-electron chi connectivity index (χ0n) is 35.4. The highest BCUT2D eigenvalue weighted by Crippen LogP contribution is 2.36. The van der Waals surface area contributed by atoms with Crippen LogP contribution in [0.25, 0.3) is 11.0 Å². The first-order valence-corrected chi connectivity index (χ1v) is 22.5.